The average Bonchev–Trinajstić information content (AvgIpc) is 2.35. The molecule has 0 aliphatic carbocycles. The van der Waals surface area contributed by atoms with Crippen LogP contribution in [0.25, 0.3) is 0 Å². The van der Waals surface area contributed by atoms with E-state index in [-0.39, 0.29) is 12.7 Å². The fraction of sp³-hybridized carbons (Fsp3) is 0.909. The van der Waals surface area contributed by atoms with Gasteiger partial charge in [-0.25, -0.2) is 0 Å². The second-order valence-corrected chi connectivity index (χ2v) is 5.00. The van der Waals surface area contributed by atoms with Gasteiger partial charge in [-0.15, -0.1) is 0 Å². The van der Waals surface area contributed by atoms with Crippen LogP contribution in [0.4, 0.5) is 0 Å². The number of aliphatic hydroxyl groups is 1. The summed E-state index contributed by atoms with van der Waals surface area (Å²) in [6, 6.07) is -0.652. The lowest BCUT2D eigenvalue weighted by Crippen LogP contribution is -2.34. The Kier molecular flexibility index (Phi) is 10.4. The van der Waals surface area contributed by atoms with E-state index in [0.29, 0.717) is 18.1 Å². The molecule has 0 saturated carbocycles. The maximum absolute atomic E-state index is 11.0. The van der Waals surface area contributed by atoms with Crippen molar-refractivity contribution in [2.75, 3.05) is 38.9 Å². The smallest absolute Gasteiger partial charge is 0.323 e. The number of rotatable bonds is 10. The second kappa shape index (κ2) is 10.6. The molecule has 0 amide bonds. The molecule has 0 aromatic rings. The summed E-state index contributed by atoms with van der Waals surface area (Å²) in [6.07, 6.45) is -0.633. The zero-order chi connectivity index (χ0) is 14.0. The van der Waals surface area contributed by atoms with Crippen molar-refractivity contribution in [3.63, 3.8) is 0 Å². The summed E-state index contributed by atoms with van der Waals surface area (Å²) in [7, 11) is 2.90. The van der Waals surface area contributed by atoms with Gasteiger partial charge in [0.15, 0.2) is 0 Å². The summed E-state index contributed by atoms with van der Waals surface area (Å²) in [5.74, 6) is 0.434. The maximum atomic E-state index is 11.0. The number of carbonyl (C=O) groups is 1. The van der Waals surface area contributed by atoms with Crippen molar-refractivity contribution >= 4 is 17.7 Å². The molecule has 3 N–H and O–H groups in total. The van der Waals surface area contributed by atoms with E-state index in [1.807, 2.05) is 6.92 Å². The molecule has 0 bridgehead atoms. The van der Waals surface area contributed by atoms with E-state index in [1.165, 1.54) is 18.9 Å². The van der Waals surface area contributed by atoms with Gasteiger partial charge < -0.3 is 25.1 Å². The van der Waals surface area contributed by atoms with Crippen molar-refractivity contribution in [3.05, 3.63) is 0 Å². The molecule has 108 valence electrons. The summed E-state index contributed by atoms with van der Waals surface area (Å²) in [5, 5.41) is 9.63. The van der Waals surface area contributed by atoms with Crippen LogP contribution in [-0.2, 0) is 19.0 Å². The van der Waals surface area contributed by atoms with E-state index < -0.39 is 18.1 Å². The highest BCUT2D eigenvalue weighted by Gasteiger charge is 2.15. The molecule has 0 aromatic carbocycles. The predicted octanol–water partition coefficient (Wildman–Crippen LogP) is -0.368. The quantitative estimate of drug-likeness (QED) is 0.528. The lowest BCUT2D eigenvalue weighted by atomic mass is 10.4. The lowest BCUT2D eigenvalue weighted by Gasteiger charge is -2.16. The van der Waals surface area contributed by atoms with Crippen molar-refractivity contribution in [2.24, 2.45) is 5.73 Å². The van der Waals surface area contributed by atoms with E-state index >= 15 is 0 Å². The Morgan fingerprint density at radius 3 is 2.56 bits per heavy atom. The van der Waals surface area contributed by atoms with E-state index in [4.69, 9.17) is 15.2 Å². The summed E-state index contributed by atoms with van der Waals surface area (Å²) in [4.78, 5) is 11.0. The Morgan fingerprint density at radius 1 is 1.33 bits per heavy atom. The molecule has 0 radical (unpaired) electrons. The third-order valence-electron chi connectivity index (χ3n) is 2.09. The molecule has 0 aliphatic heterocycles. The molecule has 7 heteroatoms. The van der Waals surface area contributed by atoms with E-state index in [0.717, 1.165) is 0 Å². The topological polar surface area (TPSA) is 91.0 Å². The molecular weight excluding hydrogens is 258 g/mol. The van der Waals surface area contributed by atoms with Gasteiger partial charge in [0.1, 0.15) is 6.04 Å². The first kappa shape index (κ1) is 17.7. The minimum absolute atomic E-state index is 0.0491. The minimum Gasteiger partial charge on any atom is -0.468 e. The van der Waals surface area contributed by atoms with Crippen LogP contribution >= 0.6 is 11.8 Å². The largest absolute Gasteiger partial charge is 0.468 e. The third-order valence-corrected chi connectivity index (χ3v) is 3.30. The molecule has 0 spiro atoms. The SMILES string of the molecule is COCC(C)OCC(O)CSCC(N)C(=O)OC. The summed E-state index contributed by atoms with van der Waals surface area (Å²) in [6.45, 7) is 2.61. The number of hydrogen-bond acceptors (Lipinski definition) is 7. The Bertz CT molecular complexity index is 229. The van der Waals surface area contributed by atoms with Crippen molar-refractivity contribution in [1.29, 1.82) is 0 Å². The van der Waals surface area contributed by atoms with Gasteiger partial charge in [0, 0.05) is 18.6 Å². The Hall–Kier alpha value is -0.340. The number of aliphatic hydroxyl groups excluding tert-OH is 1. The zero-order valence-electron chi connectivity index (χ0n) is 11.1. The number of ether oxygens (including phenoxy) is 3. The van der Waals surface area contributed by atoms with Gasteiger partial charge in [0.2, 0.25) is 0 Å². The Labute approximate surface area is 112 Å². The molecule has 0 fully saturated rings. The summed E-state index contributed by atoms with van der Waals surface area (Å²) >= 11 is 1.39. The standard InChI is InChI=1S/C11H23NO5S/c1-8(4-15-2)17-5-9(13)6-18-7-10(12)11(14)16-3/h8-10,13H,4-7,12H2,1-3H3. The first-order valence-electron chi connectivity index (χ1n) is 5.71. The highest BCUT2D eigenvalue weighted by molar-refractivity contribution is 7.99. The van der Waals surface area contributed by atoms with Crippen LogP contribution in [0.5, 0.6) is 0 Å². The van der Waals surface area contributed by atoms with Gasteiger partial charge in [-0.1, -0.05) is 0 Å². The van der Waals surface area contributed by atoms with Crippen LogP contribution in [0.1, 0.15) is 6.92 Å². The molecule has 0 aliphatic rings. The molecule has 3 unspecified atom stereocenters. The van der Waals surface area contributed by atoms with Crippen LogP contribution < -0.4 is 5.73 Å². The number of carbonyl (C=O) groups excluding carboxylic acids is 1. The maximum Gasteiger partial charge on any atom is 0.323 e. The molecule has 6 nitrogen and oxygen atoms in total. The van der Waals surface area contributed by atoms with Crippen molar-refractivity contribution in [2.45, 2.75) is 25.2 Å². The van der Waals surface area contributed by atoms with Crippen LogP contribution in [0.3, 0.4) is 0 Å². The monoisotopic (exact) mass is 281 g/mol. The minimum atomic E-state index is -0.652. The fourth-order valence-corrected chi connectivity index (χ4v) is 2.05. The number of methoxy groups -OCH3 is 2. The van der Waals surface area contributed by atoms with E-state index in [2.05, 4.69) is 4.74 Å². The predicted molar refractivity (Wildman–Crippen MR) is 70.6 cm³/mol. The second-order valence-electron chi connectivity index (χ2n) is 3.92. The molecule has 0 saturated heterocycles. The molecule has 3 atom stereocenters. The molecular formula is C11H23NO5S. The first-order chi connectivity index (χ1) is 8.51. The number of hydrogen-bond donors (Lipinski definition) is 2. The van der Waals surface area contributed by atoms with Crippen LogP contribution in [0.2, 0.25) is 0 Å². The molecule has 0 heterocycles. The average molecular weight is 281 g/mol. The normalized spacial score (nSPS) is 16.1. The van der Waals surface area contributed by atoms with E-state index in [9.17, 15) is 9.90 Å². The van der Waals surface area contributed by atoms with Gasteiger partial charge in [-0.2, -0.15) is 11.8 Å². The van der Waals surface area contributed by atoms with Crippen molar-refractivity contribution < 1.29 is 24.1 Å². The first-order valence-corrected chi connectivity index (χ1v) is 6.86. The van der Waals surface area contributed by atoms with E-state index in [1.54, 1.807) is 7.11 Å². The Morgan fingerprint density at radius 2 is 2.00 bits per heavy atom. The number of esters is 1. The van der Waals surface area contributed by atoms with Crippen LogP contribution in [0.15, 0.2) is 0 Å². The Balaban J connectivity index is 3.58. The van der Waals surface area contributed by atoms with Gasteiger partial charge in [-0.3, -0.25) is 4.79 Å². The van der Waals surface area contributed by atoms with Crippen molar-refractivity contribution in [3.8, 4) is 0 Å². The fourth-order valence-electron chi connectivity index (χ4n) is 1.16. The van der Waals surface area contributed by atoms with Gasteiger partial charge in [0.05, 0.1) is 32.5 Å². The summed E-state index contributed by atoms with van der Waals surface area (Å²) < 4.78 is 14.8. The number of nitrogens with two attached hydrogens (primary N) is 1. The summed E-state index contributed by atoms with van der Waals surface area (Å²) in [5.41, 5.74) is 5.55. The van der Waals surface area contributed by atoms with Gasteiger partial charge in [-0.05, 0) is 6.92 Å². The highest BCUT2D eigenvalue weighted by atomic mass is 32.2. The van der Waals surface area contributed by atoms with Gasteiger partial charge in [0.25, 0.3) is 0 Å². The van der Waals surface area contributed by atoms with Crippen molar-refractivity contribution in [1.82, 2.24) is 0 Å². The molecule has 18 heavy (non-hydrogen) atoms. The van der Waals surface area contributed by atoms with Gasteiger partial charge >= 0.3 is 5.97 Å². The highest BCUT2D eigenvalue weighted by Crippen LogP contribution is 2.06. The molecule has 0 rings (SSSR count). The zero-order valence-corrected chi connectivity index (χ0v) is 11.9. The number of thioether (sulfide) groups is 1. The lowest BCUT2D eigenvalue weighted by molar-refractivity contribution is -0.141. The van der Waals surface area contributed by atoms with Crippen LogP contribution in [-0.4, -0.2) is 68.3 Å². The third kappa shape index (κ3) is 8.71. The molecule has 0 aromatic heterocycles. The van der Waals surface area contributed by atoms with Crippen LogP contribution in [0, 0.1) is 0 Å².